The van der Waals surface area contributed by atoms with Gasteiger partial charge in [0.15, 0.2) is 23.1 Å². The van der Waals surface area contributed by atoms with E-state index in [0.717, 1.165) is 37.5 Å². The second-order valence-corrected chi connectivity index (χ2v) is 8.32. The third-order valence-corrected chi connectivity index (χ3v) is 5.45. The van der Waals surface area contributed by atoms with Crippen molar-refractivity contribution in [3.63, 3.8) is 0 Å². The van der Waals surface area contributed by atoms with E-state index in [1.807, 2.05) is 0 Å². The molecule has 0 aromatic heterocycles. The first kappa shape index (κ1) is 26.8. The van der Waals surface area contributed by atoms with E-state index < -0.39 is 29.1 Å². The Labute approximate surface area is 198 Å². The van der Waals surface area contributed by atoms with E-state index in [0.29, 0.717) is 6.42 Å². The maximum Gasteiger partial charge on any atom is 0.311 e. The quantitative estimate of drug-likeness (QED) is 0.116. The lowest BCUT2D eigenvalue weighted by Gasteiger charge is -2.07. The van der Waals surface area contributed by atoms with Crippen molar-refractivity contribution in [2.24, 2.45) is 10.2 Å². The van der Waals surface area contributed by atoms with Gasteiger partial charge >= 0.3 is 5.97 Å². The minimum Gasteiger partial charge on any atom is -0.426 e. The highest BCUT2D eigenvalue weighted by Gasteiger charge is 2.15. The molecule has 0 fully saturated rings. The van der Waals surface area contributed by atoms with Crippen LogP contribution in [-0.2, 0) is 4.79 Å². The highest BCUT2D eigenvalue weighted by atomic mass is 35.5. The van der Waals surface area contributed by atoms with E-state index in [2.05, 4.69) is 17.2 Å². The van der Waals surface area contributed by atoms with Crippen molar-refractivity contribution < 1.29 is 22.7 Å². The van der Waals surface area contributed by atoms with Crippen LogP contribution in [0.15, 0.2) is 40.6 Å². The van der Waals surface area contributed by atoms with Gasteiger partial charge in [-0.3, -0.25) is 4.79 Å². The van der Waals surface area contributed by atoms with Gasteiger partial charge in [-0.25, -0.2) is 13.2 Å². The van der Waals surface area contributed by atoms with Crippen LogP contribution in [0.2, 0.25) is 5.02 Å². The van der Waals surface area contributed by atoms with Crippen LogP contribution in [0.3, 0.4) is 0 Å². The van der Waals surface area contributed by atoms with Gasteiger partial charge in [-0.1, -0.05) is 82.4 Å². The van der Waals surface area contributed by atoms with Crippen LogP contribution in [0.25, 0.3) is 0 Å². The summed E-state index contributed by atoms with van der Waals surface area (Å²) in [5.74, 6) is -3.77. The Kier molecular flexibility index (Phi) is 11.9. The third kappa shape index (κ3) is 9.54. The van der Waals surface area contributed by atoms with E-state index in [9.17, 15) is 18.0 Å². The molecule has 8 heteroatoms. The van der Waals surface area contributed by atoms with Crippen LogP contribution >= 0.6 is 11.6 Å². The minimum atomic E-state index is -1.09. The first-order chi connectivity index (χ1) is 15.9. The van der Waals surface area contributed by atoms with Crippen molar-refractivity contribution in [1.29, 1.82) is 0 Å². The van der Waals surface area contributed by atoms with E-state index >= 15 is 0 Å². The average molecular weight is 483 g/mol. The molecule has 180 valence electrons. The summed E-state index contributed by atoms with van der Waals surface area (Å²) < 4.78 is 47.3. The molecule has 2 aromatic carbocycles. The Morgan fingerprint density at radius 3 is 1.94 bits per heavy atom. The highest BCUT2D eigenvalue weighted by molar-refractivity contribution is 6.32. The number of carbonyl (C=O) groups excluding carboxylic acids is 1. The van der Waals surface area contributed by atoms with Gasteiger partial charge in [0.25, 0.3) is 0 Å². The molecule has 0 aliphatic heterocycles. The van der Waals surface area contributed by atoms with E-state index in [1.54, 1.807) is 0 Å². The van der Waals surface area contributed by atoms with Gasteiger partial charge in [-0.2, -0.15) is 0 Å². The molecule has 0 spiro atoms. The number of unbranched alkanes of at least 4 members (excludes halogenated alkanes) is 9. The van der Waals surface area contributed by atoms with Gasteiger partial charge in [-0.15, -0.1) is 10.2 Å². The molecule has 0 aliphatic carbocycles. The maximum absolute atomic E-state index is 14.3. The standard InChI is InChI=1S/C25H30ClF3N2O2/c1-2-3-4-5-6-7-8-9-10-11-15-23(32)33-18-16-21(28)25(22(29)17-18)31-30-24-19(26)13-12-14-20(24)27/h12-14,16-17H,2-11,15H2,1H3/b31-30+. The molecule has 4 nitrogen and oxygen atoms in total. The Balaban J connectivity index is 1.78. The lowest BCUT2D eigenvalue weighted by molar-refractivity contribution is -0.134. The number of benzene rings is 2. The summed E-state index contributed by atoms with van der Waals surface area (Å²) >= 11 is 5.82. The van der Waals surface area contributed by atoms with Crippen molar-refractivity contribution >= 4 is 28.9 Å². The molecule has 0 unspecified atom stereocenters. The summed E-state index contributed by atoms with van der Waals surface area (Å²) in [7, 11) is 0. The number of nitrogens with zero attached hydrogens (tertiary/aromatic N) is 2. The largest absolute Gasteiger partial charge is 0.426 e. The number of hydrogen-bond donors (Lipinski definition) is 0. The van der Waals surface area contributed by atoms with Crippen LogP contribution < -0.4 is 4.74 Å². The maximum atomic E-state index is 14.3. The van der Waals surface area contributed by atoms with Gasteiger partial charge in [0.2, 0.25) is 0 Å². The molecular formula is C25H30ClF3N2O2. The SMILES string of the molecule is CCCCCCCCCCCCC(=O)Oc1cc(F)c(/N=N/c2c(F)cccc2Cl)c(F)c1. The van der Waals surface area contributed by atoms with Crippen molar-refractivity contribution in [2.75, 3.05) is 0 Å². The molecule has 0 N–H and O–H groups in total. The molecule has 33 heavy (non-hydrogen) atoms. The number of ether oxygens (including phenoxy) is 1. The fraction of sp³-hybridized carbons (Fsp3) is 0.480. The Morgan fingerprint density at radius 2 is 1.36 bits per heavy atom. The van der Waals surface area contributed by atoms with Gasteiger partial charge in [0, 0.05) is 18.6 Å². The molecule has 0 aliphatic rings. The smallest absolute Gasteiger partial charge is 0.311 e. The molecule has 0 saturated heterocycles. The molecule has 0 bridgehead atoms. The zero-order chi connectivity index (χ0) is 24.1. The normalized spacial score (nSPS) is 11.3. The molecule has 0 heterocycles. The zero-order valence-electron chi connectivity index (χ0n) is 18.9. The van der Waals surface area contributed by atoms with Crippen molar-refractivity contribution in [3.05, 3.63) is 52.8 Å². The summed E-state index contributed by atoms with van der Waals surface area (Å²) in [5.41, 5.74) is -1.06. The summed E-state index contributed by atoms with van der Waals surface area (Å²) in [6.07, 6.45) is 11.5. The molecule has 2 aromatic rings. The molecular weight excluding hydrogens is 453 g/mol. The number of esters is 1. The van der Waals surface area contributed by atoms with Gasteiger partial charge < -0.3 is 4.74 Å². The van der Waals surface area contributed by atoms with E-state index in [-0.39, 0.29) is 22.9 Å². The van der Waals surface area contributed by atoms with Gasteiger partial charge in [-0.05, 0) is 18.6 Å². The van der Waals surface area contributed by atoms with Crippen LogP contribution in [-0.4, -0.2) is 5.97 Å². The fourth-order valence-corrected chi connectivity index (χ4v) is 3.52. The minimum absolute atomic E-state index is 0.0444. The Hall–Kier alpha value is -2.41. The Morgan fingerprint density at radius 1 is 0.818 bits per heavy atom. The first-order valence-corrected chi connectivity index (χ1v) is 11.9. The highest BCUT2D eigenvalue weighted by Crippen LogP contribution is 2.32. The predicted octanol–water partition coefficient (Wildman–Crippen LogP) is 9.39. The van der Waals surface area contributed by atoms with Crippen molar-refractivity contribution in [3.8, 4) is 5.75 Å². The fourth-order valence-electron chi connectivity index (χ4n) is 3.32. The first-order valence-electron chi connectivity index (χ1n) is 11.5. The van der Waals surface area contributed by atoms with Crippen LogP contribution in [0.1, 0.15) is 77.6 Å². The second kappa shape index (κ2) is 14.7. The van der Waals surface area contributed by atoms with Crippen molar-refractivity contribution in [2.45, 2.75) is 77.6 Å². The zero-order valence-corrected chi connectivity index (χ0v) is 19.6. The van der Waals surface area contributed by atoms with Gasteiger partial charge in [0.1, 0.15) is 11.4 Å². The predicted molar refractivity (Wildman–Crippen MR) is 124 cm³/mol. The van der Waals surface area contributed by atoms with E-state index in [1.165, 1.54) is 50.7 Å². The van der Waals surface area contributed by atoms with Crippen LogP contribution in [0.5, 0.6) is 5.75 Å². The Bertz CT molecular complexity index is 895. The van der Waals surface area contributed by atoms with E-state index in [4.69, 9.17) is 16.3 Å². The lowest BCUT2D eigenvalue weighted by Crippen LogP contribution is -2.08. The summed E-state index contributed by atoms with van der Waals surface area (Å²) in [6.45, 7) is 2.20. The number of hydrogen-bond acceptors (Lipinski definition) is 4. The molecule has 0 radical (unpaired) electrons. The second-order valence-electron chi connectivity index (χ2n) is 7.91. The monoisotopic (exact) mass is 482 g/mol. The summed E-state index contributed by atoms with van der Waals surface area (Å²) in [5, 5.41) is 6.90. The number of azo groups is 1. The van der Waals surface area contributed by atoms with Crippen molar-refractivity contribution in [1.82, 2.24) is 0 Å². The number of halogens is 4. The number of rotatable bonds is 14. The van der Waals surface area contributed by atoms with Crippen LogP contribution in [0, 0.1) is 17.5 Å². The third-order valence-electron chi connectivity index (χ3n) is 5.14. The van der Waals surface area contributed by atoms with Gasteiger partial charge in [0.05, 0.1) is 5.02 Å². The average Bonchev–Trinajstić information content (AvgIpc) is 2.76. The molecule has 0 atom stereocenters. The summed E-state index contributed by atoms with van der Waals surface area (Å²) in [4.78, 5) is 12.0. The molecule has 2 rings (SSSR count). The molecule has 0 saturated carbocycles. The lowest BCUT2D eigenvalue weighted by atomic mass is 10.1. The summed E-state index contributed by atoms with van der Waals surface area (Å²) in [6, 6.07) is 5.54. The molecule has 0 amide bonds. The number of carbonyl (C=O) groups is 1. The van der Waals surface area contributed by atoms with Crippen LogP contribution in [0.4, 0.5) is 24.5 Å². The topological polar surface area (TPSA) is 51.0 Å².